The molecule has 2 aromatic heterocycles. The Hall–Kier alpha value is -3.67. The Bertz CT molecular complexity index is 1690. The van der Waals surface area contributed by atoms with Crippen LogP contribution in [0.3, 0.4) is 0 Å². The molecule has 1 amide bonds. The van der Waals surface area contributed by atoms with E-state index >= 15 is 0 Å². The summed E-state index contributed by atoms with van der Waals surface area (Å²) >= 11 is 6.28. The van der Waals surface area contributed by atoms with Crippen molar-refractivity contribution in [3.63, 3.8) is 0 Å². The van der Waals surface area contributed by atoms with E-state index in [9.17, 15) is 13.2 Å². The molecule has 3 heterocycles. The van der Waals surface area contributed by atoms with Gasteiger partial charge in [0.1, 0.15) is 5.82 Å². The van der Waals surface area contributed by atoms with Crippen LogP contribution >= 0.6 is 11.6 Å². The predicted octanol–water partition coefficient (Wildman–Crippen LogP) is 4.44. The highest BCUT2D eigenvalue weighted by molar-refractivity contribution is 7.92. The van der Waals surface area contributed by atoms with Crippen molar-refractivity contribution in [1.82, 2.24) is 19.5 Å². The van der Waals surface area contributed by atoms with Crippen molar-refractivity contribution in [2.24, 2.45) is 5.73 Å². The van der Waals surface area contributed by atoms with Crippen molar-refractivity contribution in [3.05, 3.63) is 88.2 Å². The maximum atomic E-state index is 14.2. The van der Waals surface area contributed by atoms with E-state index in [1.54, 1.807) is 15.5 Å². The minimum absolute atomic E-state index is 0.131. The number of nitrogens with zero attached hydrogens (tertiary/aromatic N) is 5. The number of nitrogens with one attached hydrogen (secondary N) is 1. The number of benzene rings is 2. The van der Waals surface area contributed by atoms with E-state index in [1.165, 1.54) is 17.7 Å². The zero-order valence-electron chi connectivity index (χ0n) is 24.0. The van der Waals surface area contributed by atoms with Crippen molar-refractivity contribution in [3.8, 4) is 0 Å². The first kappa shape index (κ1) is 29.8. The number of carbonyl (C=O) groups excluding carboxylic acids is 1. The lowest BCUT2D eigenvalue weighted by Crippen LogP contribution is -2.35. The molecule has 1 aliphatic heterocycles. The fourth-order valence-corrected chi connectivity index (χ4v) is 6.14. The molecule has 222 valence electrons. The maximum absolute atomic E-state index is 14.2. The number of aryl methyl sites for hydroxylation is 2. The van der Waals surface area contributed by atoms with E-state index < -0.39 is 16.1 Å². The molecule has 0 bridgehead atoms. The van der Waals surface area contributed by atoms with Crippen molar-refractivity contribution < 1.29 is 13.2 Å². The minimum atomic E-state index is -3.63. The van der Waals surface area contributed by atoms with Crippen molar-refractivity contribution in [2.75, 3.05) is 35.5 Å². The lowest BCUT2D eigenvalue weighted by atomic mass is 10.1. The topological polar surface area (TPSA) is 126 Å². The Morgan fingerprint density at radius 1 is 1.21 bits per heavy atom. The molecule has 0 unspecified atom stereocenters. The average molecular weight is 610 g/mol. The molecule has 3 N–H and O–H groups in total. The number of amides is 1. The summed E-state index contributed by atoms with van der Waals surface area (Å²) in [6, 6.07) is 16.2. The number of anilines is 2. The zero-order chi connectivity index (χ0) is 30.0. The van der Waals surface area contributed by atoms with Crippen molar-refractivity contribution >= 4 is 44.7 Å². The fourth-order valence-electron chi connectivity index (χ4n) is 5.39. The number of hydrogen-bond acceptors (Lipinski definition) is 7. The van der Waals surface area contributed by atoms with Crippen LogP contribution in [-0.2, 0) is 16.4 Å². The summed E-state index contributed by atoms with van der Waals surface area (Å²) in [5, 5.41) is 5.13. The number of rotatable bonds is 10. The molecule has 0 radical (unpaired) electrons. The number of fused-ring (bicyclic) bond motifs is 1. The average Bonchev–Trinajstić information content (AvgIpc) is 3.56. The summed E-state index contributed by atoms with van der Waals surface area (Å²) in [5.74, 6) is 0.540. The van der Waals surface area contributed by atoms with Crippen molar-refractivity contribution in [1.29, 1.82) is 0 Å². The summed E-state index contributed by atoms with van der Waals surface area (Å²) in [7, 11) is -3.63. The first-order valence-corrected chi connectivity index (χ1v) is 16.2. The monoisotopic (exact) mass is 609 g/mol. The molecule has 2 atom stereocenters. The SMILES string of the molecule is Cc1cn2nc([C@H](C)N(CCCc3ccccc3)C(=O)c3cc(Cl)ccc3NS(C)(=O)=O)cc2nc1N1CC[C@H](N)C1. The van der Waals surface area contributed by atoms with Crippen LogP contribution < -0.4 is 15.4 Å². The van der Waals surface area contributed by atoms with Crippen LogP contribution in [0.25, 0.3) is 5.65 Å². The van der Waals surface area contributed by atoms with Gasteiger partial charge in [0, 0.05) is 48.5 Å². The normalized spacial score (nSPS) is 16.1. The van der Waals surface area contributed by atoms with E-state index in [1.807, 2.05) is 44.3 Å². The first-order valence-electron chi connectivity index (χ1n) is 14.0. The lowest BCUT2D eigenvalue weighted by Gasteiger charge is -2.29. The molecule has 1 saturated heterocycles. The van der Waals surface area contributed by atoms with Crippen LogP contribution in [0.5, 0.6) is 0 Å². The van der Waals surface area contributed by atoms with Gasteiger partial charge >= 0.3 is 0 Å². The molecule has 0 aliphatic carbocycles. The number of aromatic nitrogens is 3. The van der Waals surface area contributed by atoms with Crippen LogP contribution in [-0.4, -0.2) is 65.8 Å². The third-order valence-corrected chi connectivity index (χ3v) is 8.35. The van der Waals surface area contributed by atoms with Gasteiger partial charge in [0.25, 0.3) is 5.91 Å². The van der Waals surface area contributed by atoms with E-state index in [2.05, 4.69) is 21.8 Å². The predicted molar refractivity (Wildman–Crippen MR) is 167 cm³/mol. The molecule has 0 spiro atoms. The van der Waals surface area contributed by atoms with Crippen LogP contribution in [0.1, 0.15) is 53.0 Å². The fraction of sp³-hybridized carbons (Fsp3) is 0.367. The van der Waals surface area contributed by atoms with Crippen molar-refractivity contribution in [2.45, 2.75) is 45.2 Å². The molecule has 2 aromatic carbocycles. The van der Waals surface area contributed by atoms with Crippen LogP contribution in [0.15, 0.2) is 60.8 Å². The van der Waals surface area contributed by atoms with E-state index in [4.69, 9.17) is 27.4 Å². The maximum Gasteiger partial charge on any atom is 0.256 e. The van der Waals surface area contributed by atoms with Gasteiger partial charge in [-0.05, 0) is 56.9 Å². The van der Waals surface area contributed by atoms with E-state index in [-0.39, 0.29) is 23.2 Å². The minimum Gasteiger partial charge on any atom is -0.355 e. The van der Waals surface area contributed by atoms with Gasteiger partial charge in [0.2, 0.25) is 10.0 Å². The Morgan fingerprint density at radius 2 is 1.98 bits per heavy atom. The van der Waals surface area contributed by atoms with Gasteiger partial charge in [0.15, 0.2) is 5.65 Å². The van der Waals surface area contributed by atoms with E-state index in [0.29, 0.717) is 29.3 Å². The molecular weight excluding hydrogens is 574 g/mol. The Balaban J connectivity index is 1.48. The third kappa shape index (κ3) is 6.86. The second kappa shape index (κ2) is 12.3. The molecule has 42 heavy (non-hydrogen) atoms. The highest BCUT2D eigenvalue weighted by Crippen LogP contribution is 2.29. The molecule has 5 rings (SSSR count). The quantitative estimate of drug-likeness (QED) is 0.272. The number of nitrogens with two attached hydrogens (primary N) is 1. The number of hydrogen-bond donors (Lipinski definition) is 2. The molecule has 1 fully saturated rings. The standard InChI is InChI=1S/C30H36ClN7O3S/c1-20-18-38-28(33-29(20)36-15-13-24(32)19-36)17-27(34-38)21(2)37(14-7-10-22-8-5-4-6-9-22)30(39)25-16-23(31)11-12-26(25)35-42(3,40)41/h4-6,8-9,11-12,16-18,21,24,35H,7,10,13-15,19,32H2,1-3H3/t21-,24-/m0/s1. The molecule has 4 aromatic rings. The molecule has 0 saturated carbocycles. The molecule has 1 aliphatic rings. The van der Waals surface area contributed by atoms with Gasteiger partial charge in [-0.2, -0.15) is 5.10 Å². The summed E-state index contributed by atoms with van der Waals surface area (Å²) in [5.41, 5.74) is 9.99. The van der Waals surface area contributed by atoms with E-state index in [0.717, 1.165) is 43.6 Å². The Morgan fingerprint density at radius 3 is 2.67 bits per heavy atom. The summed E-state index contributed by atoms with van der Waals surface area (Å²) in [6.07, 6.45) is 5.39. The van der Waals surface area contributed by atoms with Gasteiger partial charge in [-0.3, -0.25) is 9.52 Å². The number of halogens is 1. The Kier molecular flexibility index (Phi) is 8.72. The second-order valence-electron chi connectivity index (χ2n) is 10.9. The molecule has 12 heteroatoms. The Labute approximate surface area is 251 Å². The van der Waals surface area contributed by atoms with Crippen LogP contribution in [0, 0.1) is 6.92 Å². The van der Waals surface area contributed by atoms with Gasteiger partial charge < -0.3 is 15.5 Å². The summed E-state index contributed by atoms with van der Waals surface area (Å²) < 4.78 is 28.4. The van der Waals surface area contributed by atoms with Gasteiger partial charge in [-0.25, -0.2) is 17.9 Å². The van der Waals surface area contributed by atoms with Crippen LogP contribution in [0.2, 0.25) is 5.02 Å². The first-order chi connectivity index (χ1) is 20.0. The van der Waals surface area contributed by atoms with Crippen LogP contribution in [0.4, 0.5) is 11.5 Å². The largest absolute Gasteiger partial charge is 0.355 e. The zero-order valence-corrected chi connectivity index (χ0v) is 25.6. The molecule has 10 nitrogen and oxygen atoms in total. The van der Waals surface area contributed by atoms with Gasteiger partial charge in [-0.15, -0.1) is 0 Å². The smallest absolute Gasteiger partial charge is 0.256 e. The highest BCUT2D eigenvalue weighted by Gasteiger charge is 2.28. The second-order valence-corrected chi connectivity index (χ2v) is 13.1. The lowest BCUT2D eigenvalue weighted by molar-refractivity contribution is 0.0685. The highest BCUT2D eigenvalue weighted by atomic mass is 35.5. The molecular formula is C30H36ClN7O3S. The van der Waals surface area contributed by atoms with Gasteiger partial charge in [-0.1, -0.05) is 41.9 Å². The number of sulfonamides is 1. The summed E-state index contributed by atoms with van der Waals surface area (Å²) in [6.45, 7) is 5.95. The van der Waals surface area contributed by atoms with Gasteiger partial charge in [0.05, 0.1) is 29.2 Å². The summed E-state index contributed by atoms with van der Waals surface area (Å²) in [4.78, 5) is 23.0. The third-order valence-electron chi connectivity index (χ3n) is 7.52. The number of carbonyl (C=O) groups is 1.